The van der Waals surface area contributed by atoms with E-state index >= 15 is 0 Å². The molecular weight excluding hydrogens is 344 g/mol. The average molecular weight is 359 g/mol. The minimum absolute atomic E-state index is 0.0488. The van der Waals surface area contributed by atoms with Crippen LogP contribution < -0.4 is 0 Å². The largest absolute Gasteiger partial charge is 0.451 e. The highest BCUT2D eigenvalue weighted by atomic mass is 79.9. The Morgan fingerprint density at radius 2 is 2.14 bits per heavy atom. The van der Waals surface area contributed by atoms with Gasteiger partial charge in [-0.05, 0) is 43.3 Å². The van der Waals surface area contributed by atoms with E-state index in [0.717, 1.165) is 22.0 Å². The van der Waals surface area contributed by atoms with Crippen LogP contribution in [0, 0.1) is 0 Å². The SMILES string of the molecule is CC1c2cccn2CCN1C(=O)c1cc2cc(Br)ccc2o1. The molecule has 1 aromatic carbocycles. The Labute approximate surface area is 136 Å². The molecule has 0 spiro atoms. The fourth-order valence-electron chi connectivity index (χ4n) is 3.12. The molecule has 1 atom stereocenters. The Morgan fingerprint density at radius 3 is 3.00 bits per heavy atom. The van der Waals surface area contributed by atoms with Crippen molar-refractivity contribution in [1.82, 2.24) is 9.47 Å². The van der Waals surface area contributed by atoms with Crippen LogP contribution in [0.1, 0.15) is 29.2 Å². The Kier molecular flexibility index (Phi) is 3.11. The summed E-state index contributed by atoms with van der Waals surface area (Å²) in [6, 6.07) is 11.7. The van der Waals surface area contributed by atoms with Crippen molar-refractivity contribution in [2.45, 2.75) is 19.5 Å². The third-order valence-electron chi connectivity index (χ3n) is 4.29. The van der Waals surface area contributed by atoms with Gasteiger partial charge >= 0.3 is 0 Å². The fourth-order valence-corrected chi connectivity index (χ4v) is 3.50. The first-order valence-corrected chi connectivity index (χ1v) is 8.08. The Bertz CT molecular complexity index is 865. The fraction of sp³-hybridized carbons (Fsp3) is 0.235. The summed E-state index contributed by atoms with van der Waals surface area (Å²) in [5.41, 5.74) is 1.90. The van der Waals surface area contributed by atoms with E-state index in [2.05, 4.69) is 39.7 Å². The number of furan rings is 1. The highest BCUT2D eigenvalue weighted by molar-refractivity contribution is 9.10. The second-order valence-corrected chi connectivity index (χ2v) is 6.51. The van der Waals surface area contributed by atoms with Gasteiger partial charge in [0.1, 0.15) is 5.58 Å². The first kappa shape index (κ1) is 13.6. The lowest BCUT2D eigenvalue weighted by molar-refractivity contribution is 0.0613. The molecule has 4 rings (SSSR count). The molecule has 0 saturated carbocycles. The Balaban J connectivity index is 1.68. The van der Waals surface area contributed by atoms with Crippen LogP contribution in [0.2, 0.25) is 0 Å². The molecule has 112 valence electrons. The van der Waals surface area contributed by atoms with E-state index in [1.165, 1.54) is 5.69 Å². The van der Waals surface area contributed by atoms with Gasteiger partial charge in [-0.25, -0.2) is 0 Å². The predicted molar refractivity (Wildman–Crippen MR) is 87.8 cm³/mol. The number of hydrogen-bond donors (Lipinski definition) is 0. The summed E-state index contributed by atoms with van der Waals surface area (Å²) >= 11 is 3.44. The summed E-state index contributed by atoms with van der Waals surface area (Å²) in [4.78, 5) is 14.7. The van der Waals surface area contributed by atoms with Crippen molar-refractivity contribution in [3.63, 3.8) is 0 Å². The van der Waals surface area contributed by atoms with Gasteiger partial charge in [-0.1, -0.05) is 15.9 Å². The minimum atomic E-state index is -0.0488. The number of rotatable bonds is 1. The summed E-state index contributed by atoms with van der Waals surface area (Å²) < 4.78 is 8.91. The van der Waals surface area contributed by atoms with Crippen LogP contribution in [0.25, 0.3) is 11.0 Å². The van der Waals surface area contributed by atoms with Gasteiger partial charge in [-0.3, -0.25) is 4.79 Å². The van der Waals surface area contributed by atoms with E-state index in [0.29, 0.717) is 12.3 Å². The quantitative estimate of drug-likeness (QED) is 0.653. The molecule has 3 heterocycles. The highest BCUT2D eigenvalue weighted by Gasteiger charge is 2.29. The van der Waals surface area contributed by atoms with Crippen molar-refractivity contribution in [2.24, 2.45) is 0 Å². The maximum atomic E-state index is 12.8. The number of halogens is 1. The molecule has 0 radical (unpaired) electrons. The van der Waals surface area contributed by atoms with Crippen molar-refractivity contribution < 1.29 is 9.21 Å². The van der Waals surface area contributed by atoms with Crippen LogP contribution in [-0.2, 0) is 6.54 Å². The second-order valence-electron chi connectivity index (χ2n) is 5.59. The highest BCUT2D eigenvalue weighted by Crippen LogP contribution is 2.29. The average Bonchev–Trinajstić information content (AvgIpc) is 3.12. The van der Waals surface area contributed by atoms with E-state index in [-0.39, 0.29) is 11.9 Å². The molecule has 0 fully saturated rings. The zero-order valence-electron chi connectivity index (χ0n) is 12.1. The van der Waals surface area contributed by atoms with Crippen LogP contribution in [0.4, 0.5) is 0 Å². The van der Waals surface area contributed by atoms with Crippen molar-refractivity contribution in [1.29, 1.82) is 0 Å². The molecule has 5 heteroatoms. The maximum absolute atomic E-state index is 12.8. The molecule has 3 aromatic rings. The van der Waals surface area contributed by atoms with Crippen molar-refractivity contribution >= 4 is 32.8 Å². The lowest BCUT2D eigenvalue weighted by Crippen LogP contribution is -2.40. The van der Waals surface area contributed by atoms with E-state index in [4.69, 9.17) is 4.42 Å². The number of carbonyl (C=O) groups excluding carboxylic acids is 1. The number of aromatic nitrogens is 1. The predicted octanol–water partition coefficient (Wildman–Crippen LogP) is 4.21. The van der Waals surface area contributed by atoms with Crippen molar-refractivity contribution in [3.05, 3.63) is 58.5 Å². The Hall–Kier alpha value is -2.01. The number of benzene rings is 1. The van der Waals surface area contributed by atoms with Gasteiger partial charge in [0.15, 0.2) is 5.76 Å². The van der Waals surface area contributed by atoms with Crippen LogP contribution in [-0.4, -0.2) is 21.9 Å². The summed E-state index contributed by atoms with van der Waals surface area (Å²) in [5.74, 6) is 0.354. The van der Waals surface area contributed by atoms with Gasteiger partial charge < -0.3 is 13.9 Å². The molecule has 0 bridgehead atoms. The summed E-state index contributed by atoms with van der Waals surface area (Å²) in [6.07, 6.45) is 2.06. The lowest BCUT2D eigenvalue weighted by atomic mass is 10.1. The topological polar surface area (TPSA) is 38.4 Å². The number of nitrogens with zero attached hydrogens (tertiary/aromatic N) is 2. The molecule has 4 nitrogen and oxygen atoms in total. The standard InChI is InChI=1S/C17H15BrN2O2/c1-11-14-3-2-6-19(14)7-8-20(11)17(21)16-10-12-9-13(18)4-5-15(12)22-16/h2-6,9-11H,7-8H2,1H3. The number of carbonyl (C=O) groups is 1. The first-order valence-electron chi connectivity index (χ1n) is 7.28. The number of amides is 1. The van der Waals surface area contributed by atoms with Gasteiger partial charge in [-0.2, -0.15) is 0 Å². The third kappa shape index (κ3) is 2.08. The first-order chi connectivity index (χ1) is 10.6. The van der Waals surface area contributed by atoms with E-state index in [1.54, 1.807) is 0 Å². The van der Waals surface area contributed by atoms with E-state index in [1.807, 2.05) is 35.2 Å². The van der Waals surface area contributed by atoms with E-state index < -0.39 is 0 Å². The minimum Gasteiger partial charge on any atom is -0.451 e. The smallest absolute Gasteiger partial charge is 0.290 e. The molecular formula is C17H15BrN2O2. The maximum Gasteiger partial charge on any atom is 0.290 e. The zero-order chi connectivity index (χ0) is 15.3. The molecule has 1 amide bonds. The molecule has 0 aliphatic carbocycles. The molecule has 0 saturated heterocycles. The van der Waals surface area contributed by atoms with Crippen LogP contribution in [0.15, 0.2) is 51.5 Å². The summed E-state index contributed by atoms with van der Waals surface area (Å²) in [6.45, 7) is 3.58. The lowest BCUT2D eigenvalue weighted by Gasteiger charge is -2.34. The number of hydrogen-bond acceptors (Lipinski definition) is 2. The van der Waals surface area contributed by atoms with Crippen LogP contribution in [0.3, 0.4) is 0 Å². The molecule has 22 heavy (non-hydrogen) atoms. The van der Waals surface area contributed by atoms with Gasteiger partial charge in [-0.15, -0.1) is 0 Å². The summed E-state index contributed by atoms with van der Waals surface area (Å²) in [7, 11) is 0. The third-order valence-corrected chi connectivity index (χ3v) is 4.79. The summed E-state index contributed by atoms with van der Waals surface area (Å²) in [5, 5.41) is 0.936. The normalized spacial score (nSPS) is 17.7. The van der Waals surface area contributed by atoms with Gasteiger partial charge in [0.05, 0.1) is 6.04 Å². The van der Waals surface area contributed by atoms with Crippen LogP contribution >= 0.6 is 15.9 Å². The molecule has 1 aliphatic rings. The molecule has 2 aromatic heterocycles. The molecule has 1 unspecified atom stereocenters. The van der Waals surface area contributed by atoms with E-state index in [9.17, 15) is 4.79 Å². The molecule has 1 aliphatic heterocycles. The van der Waals surface area contributed by atoms with Gasteiger partial charge in [0, 0.05) is 34.8 Å². The van der Waals surface area contributed by atoms with Crippen molar-refractivity contribution in [3.8, 4) is 0 Å². The second kappa shape index (κ2) is 5.02. The van der Waals surface area contributed by atoms with Crippen LogP contribution in [0.5, 0.6) is 0 Å². The van der Waals surface area contributed by atoms with Crippen molar-refractivity contribution in [2.75, 3.05) is 6.54 Å². The molecule has 0 N–H and O–H groups in total. The van der Waals surface area contributed by atoms with Gasteiger partial charge in [0.2, 0.25) is 0 Å². The zero-order valence-corrected chi connectivity index (χ0v) is 13.7. The Morgan fingerprint density at radius 1 is 1.27 bits per heavy atom. The number of fused-ring (bicyclic) bond motifs is 2. The van der Waals surface area contributed by atoms with Gasteiger partial charge in [0.25, 0.3) is 5.91 Å². The monoisotopic (exact) mass is 358 g/mol.